The fourth-order valence-electron chi connectivity index (χ4n) is 4.72. The molecule has 3 heterocycles. The molecule has 2 aromatic heterocycles. The van der Waals surface area contributed by atoms with Gasteiger partial charge in [-0.05, 0) is 46.8 Å². The standard InChI is InChI=1S/C28H43N6O11P/c1-8-20(35)43-23-22(18-12-13-19-25(29)30-15-31-34(18)19)45-28(7,24(23)44-21(36)9-2)14-42-46(39,32-16(5)26(37)40-10-3)33-17(6)27(38)41-11-4/h12-13,15-17,22-24H,8-11,14H2,1-7H3,(H2,29,30,31)(H2,32,33,39)/t16-,17-,22-,23-,24-,28+/m0/s1. The van der Waals surface area contributed by atoms with Gasteiger partial charge >= 0.3 is 31.5 Å². The molecule has 1 saturated heterocycles. The van der Waals surface area contributed by atoms with Gasteiger partial charge in [-0.25, -0.2) is 19.7 Å². The van der Waals surface area contributed by atoms with Crippen molar-refractivity contribution in [3.05, 3.63) is 24.2 Å². The Morgan fingerprint density at radius 3 is 2.11 bits per heavy atom. The number of ether oxygens (including phenoxy) is 5. The largest absolute Gasteiger partial charge is 0.465 e. The monoisotopic (exact) mass is 670 g/mol. The second-order valence-corrected chi connectivity index (χ2v) is 12.5. The predicted molar refractivity (Wildman–Crippen MR) is 162 cm³/mol. The van der Waals surface area contributed by atoms with Crippen LogP contribution >= 0.6 is 7.67 Å². The normalized spacial score (nSPS) is 22.6. The number of esters is 4. The van der Waals surface area contributed by atoms with Gasteiger partial charge in [-0.15, -0.1) is 0 Å². The zero-order valence-corrected chi connectivity index (χ0v) is 27.9. The summed E-state index contributed by atoms with van der Waals surface area (Å²) >= 11 is 0. The molecule has 18 heteroatoms. The molecule has 0 spiro atoms. The number of rotatable bonds is 16. The molecule has 0 radical (unpaired) electrons. The Morgan fingerprint density at radius 2 is 1.57 bits per heavy atom. The lowest BCUT2D eigenvalue weighted by Gasteiger charge is -2.33. The van der Waals surface area contributed by atoms with Crippen LogP contribution < -0.4 is 15.9 Å². The zero-order valence-electron chi connectivity index (χ0n) is 27.0. The number of nitrogen functional groups attached to an aromatic ring is 1. The molecule has 1 aliphatic heterocycles. The lowest BCUT2D eigenvalue weighted by molar-refractivity contribution is -0.171. The second-order valence-electron chi connectivity index (χ2n) is 10.7. The predicted octanol–water partition coefficient (Wildman–Crippen LogP) is 1.99. The lowest BCUT2D eigenvalue weighted by Crippen LogP contribution is -2.49. The van der Waals surface area contributed by atoms with Crippen LogP contribution in [0.25, 0.3) is 5.52 Å². The molecule has 4 N–H and O–H groups in total. The maximum Gasteiger partial charge on any atom is 0.342 e. The van der Waals surface area contributed by atoms with Crippen LogP contribution in [0.1, 0.15) is 73.1 Å². The summed E-state index contributed by atoms with van der Waals surface area (Å²) in [7, 11) is -4.30. The van der Waals surface area contributed by atoms with Gasteiger partial charge in [0.1, 0.15) is 35.6 Å². The van der Waals surface area contributed by atoms with Gasteiger partial charge in [0.05, 0.1) is 25.5 Å². The molecule has 46 heavy (non-hydrogen) atoms. The summed E-state index contributed by atoms with van der Waals surface area (Å²) in [5.74, 6) is -2.48. The number of hydrogen-bond acceptors (Lipinski definition) is 14. The van der Waals surface area contributed by atoms with Gasteiger partial charge < -0.3 is 33.9 Å². The molecule has 1 aliphatic rings. The molecule has 3 rings (SSSR count). The van der Waals surface area contributed by atoms with Crippen LogP contribution in [0.5, 0.6) is 0 Å². The highest BCUT2D eigenvalue weighted by molar-refractivity contribution is 7.54. The number of hydrogen-bond donors (Lipinski definition) is 3. The molecular weight excluding hydrogens is 627 g/mol. The first-order valence-electron chi connectivity index (χ1n) is 15.0. The summed E-state index contributed by atoms with van der Waals surface area (Å²) in [5.41, 5.74) is 5.26. The molecule has 0 unspecified atom stereocenters. The van der Waals surface area contributed by atoms with Crippen LogP contribution in [0, 0.1) is 0 Å². The molecule has 1 fully saturated rings. The molecule has 0 aliphatic carbocycles. The highest BCUT2D eigenvalue weighted by atomic mass is 31.2. The molecule has 2 aromatic rings. The summed E-state index contributed by atoms with van der Waals surface area (Å²) in [5, 5.41) is 9.44. The molecule has 6 atom stereocenters. The van der Waals surface area contributed by atoms with Crippen LogP contribution in [-0.2, 0) is 52.0 Å². The van der Waals surface area contributed by atoms with Gasteiger partial charge in [-0.2, -0.15) is 5.10 Å². The van der Waals surface area contributed by atoms with Gasteiger partial charge in [-0.1, -0.05) is 13.8 Å². The number of nitrogens with zero attached hydrogens (tertiary/aromatic N) is 3. The van der Waals surface area contributed by atoms with Crippen molar-refractivity contribution in [1.29, 1.82) is 0 Å². The Bertz CT molecular complexity index is 1420. The van der Waals surface area contributed by atoms with Gasteiger partial charge in [0.2, 0.25) is 0 Å². The number of nitrogens with two attached hydrogens (primary N) is 1. The van der Waals surface area contributed by atoms with Gasteiger partial charge in [0.25, 0.3) is 0 Å². The zero-order chi connectivity index (χ0) is 34.2. The minimum Gasteiger partial charge on any atom is -0.465 e. The summed E-state index contributed by atoms with van der Waals surface area (Å²) in [6, 6.07) is 1.03. The van der Waals surface area contributed by atoms with Crippen molar-refractivity contribution < 1.29 is 52.0 Å². The van der Waals surface area contributed by atoms with Gasteiger partial charge in [-0.3, -0.25) is 23.7 Å². The maximum absolute atomic E-state index is 14.2. The van der Waals surface area contributed by atoms with Crippen LogP contribution in [0.4, 0.5) is 5.82 Å². The van der Waals surface area contributed by atoms with E-state index in [4.69, 9.17) is 33.9 Å². The first kappa shape index (κ1) is 36.8. The van der Waals surface area contributed by atoms with E-state index in [0.717, 1.165) is 0 Å². The third-order valence-corrected chi connectivity index (χ3v) is 8.99. The van der Waals surface area contributed by atoms with Gasteiger partial charge in [0.15, 0.2) is 18.0 Å². The Kier molecular flexibility index (Phi) is 12.6. The quantitative estimate of drug-likeness (QED) is 0.132. The highest BCUT2D eigenvalue weighted by Gasteiger charge is 2.58. The third kappa shape index (κ3) is 8.59. The first-order valence-corrected chi connectivity index (χ1v) is 16.6. The van der Waals surface area contributed by atoms with Crippen molar-refractivity contribution in [2.24, 2.45) is 0 Å². The van der Waals surface area contributed by atoms with E-state index in [1.165, 1.54) is 31.6 Å². The van der Waals surface area contributed by atoms with E-state index in [-0.39, 0.29) is 31.9 Å². The number of anilines is 1. The van der Waals surface area contributed by atoms with Crippen molar-refractivity contribution >= 4 is 42.9 Å². The Labute approximate surface area is 266 Å². The Hall–Kier alpha value is -3.63. The molecule has 0 amide bonds. The van der Waals surface area contributed by atoms with Gasteiger partial charge in [0, 0.05) is 12.8 Å². The summed E-state index contributed by atoms with van der Waals surface area (Å²) in [4.78, 5) is 54.2. The Balaban J connectivity index is 2.05. The van der Waals surface area contributed by atoms with Crippen molar-refractivity contribution in [1.82, 2.24) is 24.8 Å². The lowest BCUT2D eigenvalue weighted by atomic mass is 9.96. The van der Waals surface area contributed by atoms with E-state index < -0.39 is 74.2 Å². The van der Waals surface area contributed by atoms with E-state index in [1.54, 1.807) is 39.8 Å². The molecule has 0 saturated carbocycles. The van der Waals surface area contributed by atoms with E-state index in [9.17, 15) is 23.7 Å². The topological polar surface area (TPSA) is 221 Å². The van der Waals surface area contributed by atoms with E-state index in [2.05, 4.69) is 20.3 Å². The summed E-state index contributed by atoms with van der Waals surface area (Å²) in [6.45, 7) is 10.4. The summed E-state index contributed by atoms with van der Waals surface area (Å²) in [6.07, 6.45) is -2.32. The van der Waals surface area contributed by atoms with Crippen molar-refractivity contribution in [3.63, 3.8) is 0 Å². The Morgan fingerprint density at radius 1 is 1.00 bits per heavy atom. The molecule has 17 nitrogen and oxygen atoms in total. The molecule has 0 bridgehead atoms. The number of aromatic nitrogens is 3. The number of nitrogens with one attached hydrogen (secondary N) is 2. The van der Waals surface area contributed by atoms with Crippen LogP contribution in [-0.4, -0.2) is 88.2 Å². The maximum atomic E-state index is 14.2. The molecular formula is C28H43N6O11P. The number of carbonyl (C=O) groups is 4. The fraction of sp³-hybridized carbons (Fsp3) is 0.643. The van der Waals surface area contributed by atoms with E-state index in [1.807, 2.05) is 0 Å². The second kappa shape index (κ2) is 15.8. The first-order chi connectivity index (χ1) is 21.7. The van der Waals surface area contributed by atoms with E-state index >= 15 is 0 Å². The third-order valence-electron chi connectivity index (χ3n) is 7.04. The highest BCUT2D eigenvalue weighted by Crippen LogP contribution is 2.47. The number of carbonyl (C=O) groups excluding carboxylic acids is 4. The molecule has 0 aromatic carbocycles. The van der Waals surface area contributed by atoms with Crippen molar-refractivity contribution in [3.8, 4) is 0 Å². The van der Waals surface area contributed by atoms with E-state index in [0.29, 0.717) is 11.2 Å². The SMILES string of the molecule is CCOC(=O)[C@H](C)NP(=O)(N[C@@H](C)C(=O)OCC)OC[C@@]1(C)O[C@@H](c2ccc3c(N)ncnn23)[C@H](OC(=O)CC)[C@@H]1OC(=O)CC. The van der Waals surface area contributed by atoms with Crippen LogP contribution in [0.3, 0.4) is 0 Å². The summed E-state index contributed by atoms with van der Waals surface area (Å²) < 4.78 is 49.7. The average molecular weight is 671 g/mol. The minimum atomic E-state index is -4.30. The van der Waals surface area contributed by atoms with Crippen molar-refractivity contribution in [2.45, 2.75) is 97.3 Å². The fourth-order valence-corrected chi connectivity index (χ4v) is 6.61. The van der Waals surface area contributed by atoms with Crippen LogP contribution in [0.15, 0.2) is 18.5 Å². The molecule has 256 valence electrons. The number of fused-ring (bicyclic) bond motifs is 1. The minimum absolute atomic E-state index is 0.00936. The average Bonchev–Trinajstić information content (AvgIpc) is 3.56. The smallest absolute Gasteiger partial charge is 0.342 e. The van der Waals surface area contributed by atoms with Crippen molar-refractivity contribution in [2.75, 3.05) is 25.6 Å². The van der Waals surface area contributed by atoms with Crippen LogP contribution in [0.2, 0.25) is 0 Å².